The van der Waals surface area contributed by atoms with Gasteiger partial charge in [-0.1, -0.05) is 13.8 Å². The molecule has 4 aliphatic heterocycles. The molecule has 2 bridgehead atoms. The molecule has 0 aromatic heterocycles. The number of ether oxygens (including phenoxy) is 3. The Bertz CT molecular complexity index is 458. The second-order valence-corrected chi connectivity index (χ2v) is 7.87. The fourth-order valence-corrected chi connectivity index (χ4v) is 5.23. The third-order valence-electron chi connectivity index (χ3n) is 6.47. The lowest BCUT2D eigenvalue weighted by atomic mass is 9.58. The highest BCUT2D eigenvalue weighted by atomic mass is 17.3. The highest BCUT2D eigenvalue weighted by Gasteiger charge is 2.69. The van der Waals surface area contributed by atoms with Gasteiger partial charge in [-0.2, -0.15) is 0 Å². The molecule has 0 radical (unpaired) electrons. The van der Waals surface area contributed by atoms with Crippen LogP contribution in [0.5, 0.6) is 0 Å². The predicted octanol–water partition coefficient (Wildman–Crippen LogP) is 2.20. The van der Waals surface area contributed by atoms with Crippen molar-refractivity contribution in [2.45, 2.75) is 70.4 Å². The fourth-order valence-electron chi connectivity index (χ4n) is 5.23. The fraction of sp³-hybridized carbons (Fsp3) is 1.00. The molecule has 4 saturated heterocycles. The van der Waals surface area contributed by atoms with Crippen molar-refractivity contribution in [3.05, 3.63) is 0 Å². The summed E-state index contributed by atoms with van der Waals surface area (Å²) < 4.78 is 18.2. The van der Waals surface area contributed by atoms with E-state index in [0.717, 1.165) is 19.3 Å². The molecule has 23 heavy (non-hydrogen) atoms. The zero-order valence-corrected chi connectivity index (χ0v) is 14.2. The quantitative estimate of drug-likeness (QED) is 0.801. The van der Waals surface area contributed by atoms with Gasteiger partial charge in [0.25, 0.3) is 0 Å². The van der Waals surface area contributed by atoms with E-state index in [-0.39, 0.29) is 31.3 Å². The van der Waals surface area contributed by atoms with E-state index in [9.17, 15) is 0 Å². The van der Waals surface area contributed by atoms with Crippen LogP contribution in [-0.2, 0) is 24.0 Å². The van der Waals surface area contributed by atoms with Gasteiger partial charge in [-0.05, 0) is 38.0 Å². The maximum absolute atomic E-state index is 9.06. The monoisotopic (exact) mass is 328 g/mol. The third kappa shape index (κ3) is 2.30. The Kier molecular flexibility index (Phi) is 3.99. The lowest BCUT2D eigenvalue weighted by molar-refractivity contribution is -0.577. The highest BCUT2D eigenvalue weighted by Crippen LogP contribution is 2.60. The standard InChI is InChI=1S/C17H28O6/c1-10-4-5-13-11(2)14(19-9-8-18)20-15-17(13)12(10)6-7-16(3,21-15)22-23-17/h10-15,18H,4-9H2,1-3H3/t10-,11-,12?,13?,14?,15?,16?,17-/m1/s1. The largest absolute Gasteiger partial charge is 0.394 e. The number of aliphatic hydroxyl groups is 1. The Balaban J connectivity index is 1.70. The summed E-state index contributed by atoms with van der Waals surface area (Å²) in [5.41, 5.74) is -0.536. The van der Waals surface area contributed by atoms with Crippen LogP contribution in [0.2, 0.25) is 0 Å². The van der Waals surface area contributed by atoms with E-state index in [2.05, 4.69) is 13.8 Å². The summed E-state index contributed by atoms with van der Waals surface area (Å²) in [7, 11) is 0. The first-order valence-corrected chi connectivity index (χ1v) is 8.93. The normalized spacial score (nSPS) is 55.3. The number of fused-ring (bicyclic) bond motifs is 2. The van der Waals surface area contributed by atoms with Crippen molar-refractivity contribution in [2.24, 2.45) is 23.7 Å². The third-order valence-corrected chi connectivity index (χ3v) is 6.47. The number of aliphatic hydroxyl groups excluding tert-OH is 1. The summed E-state index contributed by atoms with van der Waals surface area (Å²) in [5, 5.41) is 9.06. The summed E-state index contributed by atoms with van der Waals surface area (Å²) in [4.78, 5) is 11.8. The van der Waals surface area contributed by atoms with E-state index in [1.807, 2.05) is 6.92 Å². The summed E-state index contributed by atoms with van der Waals surface area (Å²) in [6.07, 6.45) is 3.24. The summed E-state index contributed by atoms with van der Waals surface area (Å²) in [5.74, 6) is 0.625. The number of hydrogen-bond donors (Lipinski definition) is 1. The van der Waals surface area contributed by atoms with Gasteiger partial charge in [0, 0.05) is 18.3 Å². The molecule has 5 aliphatic rings. The van der Waals surface area contributed by atoms with Crippen molar-refractivity contribution < 1.29 is 29.1 Å². The van der Waals surface area contributed by atoms with Gasteiger partial charge in [0.15, 0.2) is 18.2 Å². The second kappa shape index (κ2) is 5.64. The van der Waals surface area contributed by atoms with E-state index in [0.29, 0.717) is 11.8 Å². The van der Waals surface area contributed by atoms with Gasteiger partial charge in [0.05, 0.1) is 13.2 Å². The minimum absolute atomic E-state index is 0.00903. The van der Waals surface area contributed by atoms with Crippen LogP contribution in [0.3, 0.4) is 0 Å². The van der Waals surface area contributed by atoms with E-state index in [4.69, 9.17) is 29.1 Å². The van der Waals surface area contributed by atoms with Gasteiger partial charge in [0.1, 0.15) is 0 Å². The Morgan fingerprint density at radius 2 is 1.96 bits per heavy atom. The summed E-state index contributed by atoms with van der Waals surface area (Å²) in [6, 6.07) is 0. The van der Waals surface area contributed by atoms with Crippen molar-refractivity contribution in [1.29, 1.82) is 0 Å². The van der Waals surface area contributed by atoms with Crippen molar-refractivity contribution in [1.82, 2.24) is 0 Å². The zero-order valence-electron chi connectivity index (χ0n) is 14.2. The smallest absolute Gasteiger partial charge is 0.201 e. The molecule has 0 aromatic rings. The molecule has 1 spiro atoms. The molecule has 5 rings (SSSR count). The number of rotatable bonds is 3. The van der Waals surface area contributed by atoms with Crippen molar-refractivity contribution in [2.75, 3.05) is 13.2 Å². The van der Waals surface area contributed by atoms with Crippen LogP contribution in [0.15, 0.2) is 0 Å². The van der Waals surface area contributed by atoms with Crippen LogP contribution in [0.25, 0.3) is 0 Å². The van der Waals surface area contributed by atoms with Crippen LogP contribution in [0, 0.1) is 23.7 Å². The van der Waals surface area contributed by atoms with Crippen LogP contribution in [0.4, 0.5) is 0 Å². The van der Waals surface area contributed by atoms with Gasteiger partial charge >= 0.3 is 0 Å². The van der Waals surface area contributed by atoms with Gasteiger partial charge < -0.3 is 19.3 Å². The van der Waals surface area contributed by atoms with Crippen molar-refractivity contribution in [3.8, 4) is 0 Å². The van der Waals surface area contributed by atoms with Crippen LogP contribution in [0.1, 0.15) is 46.5 Å². The topological polar surface area (TPSA) is 66.4 Å². The molecule has 1 aliphatic carbocycles. The Hall–Kier alpha value is -0.240. The molecule has 0 amide bonds. The van der Waals surface area contributed by atoms with Gasteiger partial charge in [0.2, 0.25) is 5.79 Å². The molecule has 5 fully saturated rings. The first-order chi connectivity index (χ1) is 11.0. The van der Waals surface area contributed by atoms with E-state index >= 15 is 0 Å². The molecule has 0 aromatic carbocycles. The Labute approximate surface area is 137 Å². The molecule has 1 saturated carbocycles. The molecule has 132 valence electrons. The lowest BCUT2D eigenvalue weighted by Crippen LogP contribution is -2.70. The SMILES string of the molecule is C[C@H]1C(OCCO)OC2OC3(C)CCC4[C@H](C)CCC1[C@@]24OO3. The van der Waals surface area contributed by atoms with Gasteiger partial charge in [-0.25, -0.2) is 9.78 Å². The molecule has 6 heteroatoms. The summed E-state index contributed by atoms with van der Waals surface area (Å²) >= 11 is 0. The molecule has 1 N–H and O–H groups in total. The van der Waals surface area contributed by atoms with E-state index in [1.165, 1.54) is 6.42 Å². The van der Waals surface area contributed by atoms with Crippen molar-refractivity contribution >= 4 is 0 Å². The minimum Gasteiger partial charge on any atom is -0.394 e. The zero-order chi connectivity index (χ0) is 16.2. The molecule has 5 unspecified atom stereocenters. The maximum Gasteiger partial charge on any atom is 0.201 e. The molecule has 8 atom stereocenters. The second-order valence-electron chi connectivity index (χ2n) is 7.87. The molecule has 6 nitrogen and oxygen atoms in total. The first kappa shape index (κ1) is 16.2. The highest BCUT2D eigenvalue weighted by molar-refractivity contribution is 5.09. The Morgan fingerprint density at radius 3 is 2.74 bits per heavy atom. The Morgan fingerprint density at radius 1 is 1.13 bits per heavy atom. The summed E-state index contributed by atoms with van der Waals surface area (Å²) in [6.45, 7) is 6.63. The molecule has 4 heterocycles. The van der Waals surface area contributed by atoms with Crippen LogP contribution >= 0.6 is 0 Å². The lowest BCUT2D eigenvalue weighted by Gasteiger charge is -2.60. The predicted molar refractivity (Wildman–Crippen MR) is 79.9 cm³/mol. The molecular weight excluding hydrogens is 300 g/mol. The van der Waals surface area contributed by atoms with Gasteiger partial charge in [-0.3, -0.25) is 0 Å². The number of hydrogen-bond acceptors (Lipinski definition) is 6. The van der Waals surface area contributed by atoms with Crippen LogP contribution < -0.4 is 0 Å². The average molecular weight is 328 g/mol. The molecular formula is C17H28O6. The maximum atomic E-state index is 9.06. The van der Waals surface area contributed by atoms with E-state index in [1.54, 1.807) is 0 Å². The van der Waals surface area contributed by atoms with Crippen LogP contribution in [-0.4, -0.2) is 42.3 Å². The van der Waals surface area contributed by atoms with Crippen molar-refractivity contribution in [3.63, 3.8) is 0 Å². The minimum atomic E-state index is -0.750. The average Bonchev–Trinajstić information content (AvgIpc) is 2.76. The van der Waals surface area contributed by atoms with Gasteiger partial charge in [-0.15, -0.1) is 0 Å². The first-order valence-electron chi connectivity index (χ1n) is 8.93. The van der Waals surface area contributed by atoms with E-state index < -0.39 is 17.7 Å².